The topological polar surface area (TPSA) is 117 Å². The zero-order valence-electron chi connectivity index (χ0n) is 18.3. The van der Waals surface area contributed by atoms with Crippen LogP contribution in [0, 0.1) is 5.82 Å². The minimum Gasteiger partial charge on any atom is -0.313 e. The van der Waals surface area contributed by atoms with E-state index in [1.807, 2.05) is 0 Å². The number of amides is 2. The normalized spacial score (nSPS) is 18.9. The Morgan fingerprint density at radius 1 is 1.14 bits per heavy atom. The zero-order chi connectivity index (χ0) is 25.2. The number of carbonyl (C=O) groups excluding carboxylic acids is 1. The zero-order valence-corrected chi connectivity index (χ0v) is 18.3. The number of urea groups is 1. The first-order valence-electron chi connectivity index (χ1n) is 11.0. The second-order valence-electron chi connectivity index (χ2n) is 8.77. The summed E-state index contributed by atoms with van der Waals surface area (Å²) in [5.74, 6) is -1.23. The molecule has 1 saturated heterocycles. The summed E-state index contributed by atoms with van der Waals surface area (Å²) in [6, 6.07) is 5.59. The molecule has 0 radical (unpaired) electrons. The minimum atomic E-state index is -4.85. The van der Waals surface area contributed by atoms with E-state index in [-0.39, 0.29) is 31.1 Å². The van der Waals surface area contributed by atoms with E-state index >= 15 is 0 Å². The summed E-state index contributed by atoms with van der Waals surface area (Å²) in [5, 5.41) is 16.2. The van der Waals surface area contributed by atoms with Gasteiger partial charge >= 0.3 is 12.2 Å². The van der Waals surface area contributed by atoms with E-state index in [9.17, 15) is 27.2 Å². The number of nitrogens with zero attached hydrogens (tertiary/aromatic N) is 4. The fraction of sp³-hybridized carbons (Fsp3) is 0.261. The molecule has 2 N–H and O–H groups in total. The molecule has 9 nitrogen and oxygen atoms in total. The molecule has 4 heterocycles. The second-order valence-corrected chi connectivity index (χ2v) is 8.77. The van der Waals surface area contributed by atoms with Crippen LogP contribution < -0.4 is 10.9 Å². The highest BCUT2D eigenvalue weighted by atomic mass is 19.4. The van der Waals surface area contributed by atoms with Crippen LogP contribution in [0.1, 0.15) is 38.6 Å². The number of alkyl halides is 3. The third kappa shape index (κ3) is 3.58. The number of anilines is 1. The van der Waals surface area contributed by atoms with Crippen molar-refractivity contribution < 1.29 is 29.8 Å². The van der Waals surface area contributed by atoms with Crippen LogP contribution in [0.25, 0.3) is 22.2 Å². The largest absolute Gasteiger partial charge is 0.417 e. The predicted molar refractivity (Wildman–Crippen MR) is 122 cm³/mol. The maximum atomic E-state index is 14.9. The predicted octanol–water partition coefficient (Wildman–Crippen LogP) is 4.92. The van der Waals surface area contributed by atoms with Crippen molar-refractivity contribution in [1.29, 1.82) is 0 Å². The number of rotatable bonds is 2. The number of hydrogen-bond donors (Lipinski definition) is 2. The third-order valence-corrected chi connectivity index (χ3v) is 6.65. The Morgan fingerprint density at radius 3 is 2.75 bits per heavy atom. The molecule has 13 heteroatoms. The van der Waals surface area contributed by atoms with Crippen LogP contribution in [0.2, 0.25) is 0 Å². The summed E-state index contributed by atoms with van der Waals surface area (Å²) in [7, 11) is 0. The number of nitrogens with one attached hydrogen (secondary N) is 2. The highest BCUT2D eigenvalue weighted by Crippen LogP contribution is 2.43. The smallest absolute Gasteiger partial charge is 0.313 e. The Labute approximate surface area is 202 Å². The maximum Gasteiger partial charge on any atom is 0.417 e. The Kier molecular flexibility index (Phi) is 4.85. The Bertz CT molecular complexity index is 1590. The van der Waals surface area contributed by atoms with Gasteiger partial charge in [0, 0.05) is 15.0 Å². The summed E-state index contributed by atoms with van der Waals surface area (Å²) >= 11 is 0. The lowest BCUT2D eigenvalue weighted by Crippen LogP contribution is -2.45. The molecule has 2 aromatic carbocycles. The van der Waals surface area contributed by atoms with Gasteiger partial charge in [0.25, 0.3) is 5.56 Å². The van der Waals surface area contributed by atoms with Crippen LogP contribution in [-0.4, -0.2) is 37.5 Å². The lowest BCUT2D eigenvalue weighted by molar-refractivity contribution is -0.137. The molecule has 2 aliphatic rings. The Balaban J connectivity index is 0.00000168. The maximum absolute atomic E-state index is 14.9. The lowest BCUT2D eigenvalue weighted by atomic mass is 9.97. The number of aromatic amines is 1. The SMILES string of the molecule is O=C(Nc1cc(-c2ccc3nonc3c2)c(C(F)(F)F)cc1F)N1[C@H]2CC[C@@H]1c1n[nH]c(=O)cc1C2.[HH].[HH]. The fourth-order valence-corrected chi connectivity index (χ4v) is 5.09. The summed E-state index contributed by atoms with van der Waals surface area (Å²) in [6.07, 6.45) is -3.21. The first kappa shape index (κ1) is 22.2. The molecule has 36 heavy (non-hydrogen) atoms. The van der Waals surface area contributed by atoms with Gasteiger partial charge in [0.15, 0.2) is 0 Å². The van der Waals surface area contributed by atoms with Crippen LogP contribution in [0.5, 0.6) is 0 Å². The minimum absolute atomic E-state index is 0. The van der Waals surface area contributed by atoms with E-state index < -0.39 is 35.3 Å². The quantitative estimate of drug-likeness (QED) is 0.375. The van der Waals surface area contributed by atoms with Crippen molar-refractivity contribution in [2.45, 2.75) is 37.5 Å². The molecule has 4 aromatic rings. The molecule has 0 spiro atoms. The van der Waals surface area contributed by atoms with Crippen molar-refractivity contribution in [3.63, 3.8) is 0 Å². The summed E-state index contributed by atoms with van der Waals surface area (Å²) < 4.78 is 60.9. The van der Waals surface area contributed by atoms with Crippen molar-refractivity contribution in [1.82, 2.24) is 25.4 Å². The van der Waals surface area contributed by atoms with E-state index in [1.165, 1.54) is 29.2 Å². The third-order valence-electron chi connectivity index (χ3n) is 6.65. The highest BCUT2D eigenvalue weighted by molar-refractivity contribution is 5.92. The number of carbonyl (C=O) groups is 1. The van der Waals surface area contributed by atoms with E-state index in [1.54, 1.807) is 0 Å². The average molecular weight is 504 g/mol. The van der Waals surface area contributed by atoms with Gasteiger partial charge < -0.3 is 10.2 Å². The molecule has 2 bridgehead atoms. The molecule has 2 atom stereocenters. The van der Waals surface area contributed by atoms with Gasteiger partial charge in [-0.1, -0.05) is 6.07 Å². The van der Waals surface area contributed by atoms with E-state index in [0.29, 0.717) is 36.5 Å². The molecule has 188 valence electrons. The lowest BCUT2D eigenvalue weighted by Gasteiger charge is -2.35. The van der Waals surface area contributed by atoms with E-state index in [4.69, 9.17) is 0 Å². The second kappa shape index (κ2) is 7.86. The summed E-state index contributed by atoms with van der Waals surface area (Å²) in [4.78, 5) is 26.4. The van der Waals surface area contributed by atoms with Crippen LogP contribution in [0.3, 0.4) is 0 Å². The molecular formula is C23H20F4N6O3. The number of benzene rings is 2. The molecular weight excluding hydrogens is 484 g/mol. The number of aromatic nitrogens is 4. The van der Waals surface area contributed by atoms with Gasteiger partial charge in [0.2, 0.25) is 0 Å². The van der Waals surface area contributed by atoms with Crippen LogP contribution in [0.4, 0.5) is 28.0 Å². The van der Waals surface area contributed by atoms with Crippen molar-refractivity contribution in [2.24, 2.45) is 0 Å². The van der Waals surface area contributed by atoms with E-state index in [0.717, 1.165) is 11.6 Å². The van der Waals surface area contributed by atoms with Crippen molar-refractivity contribution in [2.75, 3.05) is 5.32 Å². The fourth-order valence-electron chi connectivity index (χ4n) is 5.09. The Morgan fingerprint density at radius 2 is 1.94 bits per heavy atom. The van der Waals surface area contributed by atoms with Crippen LogP contribution in [0.15, 0.2) is 45.8 Å². The van der Waals surface area contributed by atoms with Gasteiger partial charge in [-0.3, -0.25) is 4.79 Å². The van der Waals surface area contributed by atoms with Gasteiger partial charge in [0.05, 0.1) is 23.0 Å². The van der Waals surface area contributed by atoms with Crippen molar-refractivity contribution in [3.8, 4) is 11.1 Å². The standard InChI is InChI=1S/C23H16F4N6O3.2H2/c24-15-9-14(23(25,26)27)13(10-1-3-16-18(6-10)32-36-31-16)8-17(15)28-22(35)33-12-2-4-19(33)21-11(5-12)7-20(34)29-30-21;;/h1,3,6-9,12,19H,2,4-5H2,(H,28,35)(H,29,34);2*1H/t12-,19+;;/m0../s1. The van der Waals surface area contributed by atoms with Gasteiger partial charge in [-0.05, 0) is 70.5 Å². The van der Waals surface area contributed by atoms with Crippen molar-refractivity contribution >= 4 is 22.8 Å². The van der Waals surface area contributed by atoms with Crippen LogP contribution >= 0.6 is 0 Å². The monoisotopic (exact) mass is 504 g/mol. The van der Waals surface area contributed by atoms with E-state index in [2.05, 4.69) is 30.5 Å². The highest BCUT2D eigenvalue weighted by Gasteiger charge is 2.44. The Hall–Kier alpha value is -4.29. The number of fused-ring (bicyclic) bond motifs is 5. The average Bonchev–Trinajstić information content (AvgIpc) is 3.42. The van der Waals surface area contributed by atoms with Gasteiger partial charge in [-0.2, -0.15) is 18.3 Å². The molecule has 0 aliphatic carbocycles. The van der Waals surface area contributed by atoms with Crippen LogP contribution in [-0.2, 0) is 12.6 Å². The molecule has 2 aliphatic heterocycles. The summed E-state index contributed by atoms with van der Waals surface area (Å²) in [6.45, 7) is 0. The first-order valence-corrected chi connectivity index (χ1v) is 11.0. The number of halogens is 4. The van der Waals surface area contributed by atoms with Gasteiger partial charge in [0.1, 0.15) is 16.9 Å². The number of hydrogen-bond acceptors (Lipinski definition) is 6. The molecule has 1 fully saturated rings. The molecule has 2 amide bonds. The molecule has 6 rings (SSSR count). The van der Waals surface area contributed by atoms with Crippen molar-refractivity contribution in [3.05, 3.63) is 69.4 Å². The van der Waals surface area contributed by atoms with Gasteiger partial charge in [-0.25, -0.2) is 18.9 Å². The number of H-pyrrole nitrogens is 1. The summed E-state index contributed by atoms with van der Waals surface area (Å²) in [5.41, 5.74) is -0.308. The molecule has 0 saturated carbocycles. The molecule has 0 unspecified atom stereocenters. The molecule has 2 aromatic heterocycles. The first-order chi connectivity index (χ1) is 17.2. The van der Waals surface area contributed by atoms with Gasteiger partial charge in [-0.15, -0.1) is 0 Å².